The van der Waals surface area contributed by atoms with Crippen LogP contribution in [0.2, 0.25) is 0 Å². The lowest BCUT2D eigenvalue weighted by molar-refractivity contribution is -0.143. The predicted octanol–water partition coefficient (Wildman–Crippen LogP) is 2.64. The molecule has 148 valence electrons. The van der Waals surface area contributed by atoms with Gasteiger partial charge in [0.1, 0.15) is 0 Å². The van der Waals surface area contributed by atoms with Gasteiger partial charge in [-0.05, 0) is 49.1 Å². The summed E-state index contributed by atoms with van der Waals surface area (Å²) < 4.78 is 0. The van der Waals surface area contributed by atoms with E-state index in [1.54, 1.807) is 0 Å². The minimum atomic E-state index is -0.699. The monoisotopic (exact) mass is 381 g/mol. The van der Waals surface area contributed by atoms with Crippen molar-refractivity contribution in [2.45, 2.75) is 25.8 Å². The Bertz CT molecular complexity index is 771. The molecule has 1 heterocycles. The zero-order chi connectivity index (χ0) is 19.8. The van der Waals surface area contributed by atoms with Gasteiger partial charge in [0.15, 0.2) is 0 Å². The Morgan fingerprint density at radius 3 is 2.29 bits per heavy atom. The van der Waals surface area contributed by atoms with Crippen molar-refractivity contribution in [2.75, 3.05) is 36.5 Å². The zero-order valence-electron chi connectivity index (χ0n) is 16.0. The fraction of sp³-hybridized carbons (Fsp3) is 0.364. The molecule has 2 N–H and O–H groups in total. The van der Waals surface area contributed by atoms with Crippen molar-refractivity contribution in [3.8, 4) is 0 Å². The minimum absolute atomic E-state index is 0.106. The Balaban J connectivity index is 1.60. The summed E-state index contributed by atoms with van der Waals surface area (Å²) in [6.45, 7) is 2.30. The summed E-state index contributed by atoms with van der Waals surface area (Å²) >= 11 is 0. The Morgan fingerprint density at radius 1 is 0.964 bits per heavy atom. The highest BCUT2D eigenvalue weighted by Crippen LogP contribution is 2.21. The van der Waals surface area contributed by atoms with Gasteiger partial charge < -0.3 is 20.2 Å². The summed E-state index contributed by atoms with van der Waals surface area (Å²) in [6.07, 6.45) is 3.68. The Labute approximate surface area is 165 Å². The number of carbonyl (C=O) groups excluding carboxylic acids is 2. The molecule has 0 radical (unpaired) electrons. The highest BCUT2D eigenvalue weighted by molar-refractivity contribution is 6.39. The number of rotatable bonds is 6. The number of piperidine rings is 1. The zero-order valence-corrected chi connectivity index (χ0v) is 16.0. The van der Waals surface area contributed by atoms with E-state index in [0.29, 0.717) is 5.69 Å². The minimum Gasteiger partial charge on any atom is -0.395 e. The molecule has 2 amide bonds. The lowest BCUT2D eigenvalue weighted by Gasteiger charge is -2.28. The molecule has 28 heavy (non-hydrogen) atoms. The van der Waals surface area contributed by atoms with Gasteiger partial charge in [-0.15, -0.1) is 0 Å². The molecule has 2 aromatic carbocycles. The van der Waals surface area contributed by atoms with Crippen molar-refractivity contribution in [3.63, 3.8) is 0 Å². The summed E-state index contributed by atoms with van der Waals surface area (Å²) in [7, 11) is 0. The number of hydrogen-bond acceptors (Lipinski definition) is 4. The van der Waals surface area contributed by atoms with Crippen molar-refractivity contribution in [3.05, 3.63) is 60.2 Å². The molecule has 1 aliphatic rings. The van der Waals surface area contributed by atoms with Crippen molar-refractivity contribution in [1.82, 2.24) is 4.90 Å². The Hall–Kier alpha value is -2.86. The van der Waals surface area contributed by atoms with Gasteiger partial charge in [0.05, 0.1) is 6.61 Å². The topological polar surface area (TPSA) is 72.9 Å². The van der Waals surface area contributed by atoms with Gasteiger partial charge in [-0.25, -0.2) is 0 Å². The quantitative estimate of drug-likeness (QED) is 0.755. The van der Waals surface area contributed by atoms with Crippen LogP contribution in [0.5, 0.6) is 0 Å². The van der Waals surface area contributed by atoms with E-state index in [9.17, 15) is 14.7 Å². The molecule has 0 spiro atoms. The van der Waals surface area contributed by atoms with Crippen molar-refractivity contribution < 1.29 is 14.7 Å². The van der Waals surface area contributed by atoms with Crippen LogP contribution >= 0.6 is 0 Å². The molecule has 3 rings (SSSR count). The molecule has 0 aliphatic carbocycles. The molecule has 6 heteroatoms. The van der Waals surface area contributed by atoms with Gasteiger partial charge in [0.25, 0.3) is 0 Å². The van der Waals surface area contributed by atoms with Gasteiger partial charge in [-0.1, -0.05) is 30.3 Å². The molecule has 2 aromatic rings. The largest absolute Gasteiger partial charge is 0.395 e. The van der Waals surface area contributed by atoms with E-state index in [1.807, 2.05) is 54.6 Å². The third-order valence-electron chi connectivity index (χ3n) is 4.91. The second kappa shape index (κ2) is 9.90. The molecule has 0 bridgehead atoms. The number of nitrogens with zero attached hydrogens (tertiary/aromatic N) is 2. The van der Waals surface area contributed by atoms with E-state index in [-0.39, 0.29) is 19.7 Å². The van der Waals surface area contributed by atoms with Crippen LogP contribution in [0, 0.1) is 0 Å². The van der Waals surface area contributed by atoms with Crippen LogP contribution < -0.4 is 10.2 Å². The molecule has 0 atom stereocenters. The van der Waals surface area contributed by atoms with E-state index in [4.69, 9.17) is 0 Å². The maximum atomic E-state index is 12.6. The third kappa shape index (κ3) is 5.33. The number of hydrogen-bond donors (Lipinski definition) is 2. The van der Waals surface area contributed by atoms with Crippen LogP contribution in [0.3, 0.4) is 0 Å². The summed E-state index contributed by atoms with van der Waals surface area (Å²) in [5.41, 5.74) is 2.63. The van der Waals surface area contributed by atoms with Crippen molar-refractivity contribution >= 4 is 23.2 Å². The molecule has 1 fully saturated rings. The van der Waals surface area contributed by atoms with E-state index < -0.39 is 11.8 Å². The first kappa shape index (κ1) is 19.9. The maximum Gasteiger partial charge on any atom is 0.313 e. The average molecular weight is 381 g/mol. The van der Waals surface area contributed by atoms with Crippen molar-refractivity contribution in [2.24, 2.45) is 0 Å². The Kier molecular flexibility index (Phi) is 7.03. The van der Waals surface area contributed by atoms with Crippen LogP contribution in [0.4, 0.5) is 11.4 Å². The fourth-order valence-corrected chi connectivity index (χ4v) is 3.41. The molecule has 0 aromatic heterocycles. The number of aliphatic hydroxyl groups excluding tert-OH is 1. The molecule has 0 saturated carbocycles. The van der Waals surface area contributed by atoms with Crippen LogP contribution in [-0.4, -0.2) is 48.1 Å². The number of amides is 2. The summed E-state index contributed by atoms with van der Waals surface area (Å²) in [6, 6.07) is 17.0. The smallest absolute Gasteiger partial charge is 0.313 e. The van der Waals surface area contributed by atoms with Gasteiger partial charge in [-0.3, -0.25) is 9.59 Å². The number of anilines is 2. The van der Waals surface area contributed by atoms with Crippen LogP contribution in [0.1, 0.15) is 24.8 Å². The van der Waals surface area contributed by atoms with E-state index in [1.165, 1.54) is 24.2 Å². The lowest BCUT2D eigenvalue weighted by Crippen LogP contribution is -2.40. The standard InChI is InChI=1S/C22H27N3O3/c26-16-15-25(17-18-7-3-1-4-8-18)22(28)21(27)23-19-9-11-20(12-10-19)24-13-5-2-6-14-24/h1,3-4,7-12,26H,2,5-6,13-17H2,(H,23,27). The highest BCUT2D eigenvalue weighted by atomic mass is 16.3. The van der Waals surface area contributed by atoms with Crippen LogP contribution in [0.25, 0.3) is 0 Å². The second-order valence-electron chi connectivity index (χ2n) is 6.98. The van der Waals surface area contributed by atoms with E-state index in [0.717, 1.165) is 24.3 Å². The Morgan fingerprint density at radius 2 is 1.64 bits per heavy atom. The summed E-state index contributed by atoms with van der Waals surface area (Å²) in [5.74, 6) is -1.35. The molecule has 0 unspecified atom stereocenters. The normalized spacial score (nSPS) is 13.8. The maximum absolute atomic E-state index is 12.6. The molecular formula is C22H27N3O3. The lowest BCUT2D eigenvalue weighted by atomic mass is 10.1. The third-order valence-corrected chi connectivity index (χ3v) is 4.91. The highest BCUT2D eigenvalue weighted by Gasteiger charge is 2.22. The number of carbonyl (C=O) groups is 2. The summed E-state index contributed by atoms with van der Waals surface area (Å²) in [5, 5.41) is 11.9. The number of benzene rings is 2. The first-order valence-electron chi connectivity index (χ1n) is 9.77. The second-order valence-corrected chi connectivity index (χ2v) is 6.98. The first-order valence-corrected chi connectivity index (χ1v) is 9.77. The first-order chi connectivity index (χ1) is 13.7. The summed E-state index contributed by atoms with van der Waals surface area (Å²) in [4.78, 5) is 28.7. The molecule has 1 saturated heterocycles. The van der Waals surface area contributed by atoms with Crippen LogP contribution in [-0.2, 0) is 16.1 Å². The van der Waals surface area contributed by atoms with Gasteiger partial charge in [0.2, 0.25) is 0 Å². The number of aliphatic hydroxyl groups is 1. The van der Waals surface area contributed by atoms with E-state index in [2.05, 4.69) is 10.2 Å². The molecular weight excluding hydrogens is 354 g/mol. The number of nitrogens with one attached hydrogen (secondary N) is 1. The predicted molar refractivity (Wildman–Crippen MR) is 110 cm³/mol. The fourth-order valence-electron chi connectivity index (χ4n) is 3.41. The van der Waals surface area contributed by atoms with Gasteiger partial charge >= 0.3 is 11.8 Å². The van der Waals surface area contributed by atoms with Crippen LogP contribution in [0.15, 0.2) is 54.6 Å². The SMILES string of the molecule is O=C(Nc1ccc(N2CCCCC2)cc1)C(=O)N(CCO)Cc1ccccc1. The molecule has 6 nitrogen and oxygen atoms in total. The average Bonchev–Trinajstić information content (AvgIpc) is 2.75. The van der Waals surface area contributed by atoms with Crippen molar-refractivity contribution in [1.29, 1.82) is 0 Å². The molecule has 1 aliphatic heterocycles. The van der Waals surface area contributed by atoms with Gasteiger partial charge in [-0.2, -0.15) is 0 Å². The van der Waals surface area contributed by atoms with E-state index >= 15 is 0 Å². The van der Waals surface area contributed by atoms with Gasteiger partial charge in [0, 0.05) is 37.6 Å².